The SMILES string of the molecule is O=Cc1c(-c2cccc(Cl)c2)nnn1C1CC1. The van der Waals surface area contributed by atoms with Crippen molar-refractivity contribution in [3.8, 4) is 11.3 Å². The maximum Gasteiger partial charge on any atom is 0.170 e. The van der Waals surface area contributed by atoms with Gasteiger partial charge in [-0.1, -0.05) is 28.9 Å². The normalized spacial score (nSPS) is 14.9. The minimum atomic E-state index is 0.343. The molecule has 3 rings (SSSR count). The van der Waals surface area contributed by atoms with Crippen molar-refractivity contribution in [2.45, 2.75) is 18.9 Å². The Morgan fingerprint density at radius 1 is 1.41 bits per heavy atom. The predicted octanol–water partition coefficient (Wildman–Crippen LogP) is 2.75. The third-order valence-corrected chi connectivity index (χ3v) is 3.07. The van der Waals surface area contributed by atoms with Crippen LogP contribution in [0.4, 0.5) is 0 Å². The molecule has 0 N–H and O–H groups in total. The molecule has 1 aliphatic rings. The Balaban J connectivity index is 2.11. The number of halogens is 1. The topological polar surface area (TPSA) is 47.8 Å². The molecule has 0 radical (unpaired) electrons. The third kappa shape index (κ3) is 1.85. The fourth-order valence-electron chi connectivity index (χ4n) is 1.84. The highest BCUT2D eigenvalue weighted by Gasteiger charge is 2.29. The Labute approximate surface area is 103 Å². The van der Waals surface area contributed by atoms with Gasteiger partial charge < -0.3 is 0 Å². The lowest BCUT2D eigenvalue weighted by Crippen LogP contribution is -2.01. The van der Waals surface area contributed by atoms with Gasteiger partial charge in [-0.15, -0.1) is 5.10 Å². The number of aromatic nitrogens is 3. The van der Waals surface area contributed by atoms with Crippen LogP contribution in [0.15, 0.2) is 24.3 Å². The summed E-state index contributed by atoms with van der Waals surface area (Å²) in [5, 5.41) is 8.76. The van der Waals surface area contributed by atoms with Crippen LogP contribution in [-0.4, -0.2) is 21.3 Å². The van der Waals surface area contributed by atoms with Crippen molar-refractivity contribution in [2.75, 3.05) is 0 Å². The van der Waals surface area contributed by atoms with Crippen LogP contribution in [0.1, 0.15) is 29.4 Å². The molecule has 0 amide bonds. The van der Waals surface area contributed by atoms with Crippen molar-refractivity contribution in [1.82, 2.24) is 15.0 Å². The summed E-state index contributed by atoms with van der Waals surface area (Å²) in [7, 11) is 0. The molecular formula is C12H10ClN3O. The number of aldehydes is 1. The zero-order valence-electron chi connectivity index (χ0n) is 9.01. The first-order valence-corrected chi connectivity index (χ1v) is 5.83. The van der Waals surface area contributed by atoms with Gasteiger partial charge in [0.25, 0.3) is 0 Å². The lowest BCUT2D eigenvalue weighted by molar-refractivity contribution is 0.111. The van der Waals surface area contributed by atoms with E-state index in [-0.39, 0.29) is 0 Å². The van der Waals surface area contributed by atoms with Gasteiger partial charge in [0, 0.05) is 10.6 Å². The van der Waals surface area contributed by atoms with E-state index in [1.54, 1.807) is 16.8 Å². The molecule has 1 fully saturated rings. The highest BCUT2D eigenvalue weighted by molar-refractivity contribution is 6.30. The van der Waals surface area contributed by atoms with Crippen molar-refractivity contribution in [2.24, 2.45) is 0 Å². The fraction of sp³-hybridized carbons (Fsp3) is 0.250. The highest BCUT2D eigenvalue weighted by atomic mass is 35.5. The van der Waals surface area contributed by atoms with Crippen molar-refractivity contribution >= 4 is 17.9 Å². The largest absolute Gasteiger partial charge is 0.296 e. The zero-order valence-corrected chi connectivity index (χ0v) is 9.76. The molecule has 0 atom stereocenters. The molecule has 1 aromatic heterocycles. The molecule has 4 nitrogen and oxygen atoms in total. The summed E-state index contributed by atoms with van der Waals surface area (Å²) in [6, 6.07) is 7.63. The summed E-state index contributed by atoms with van der Waals surface area (Å²) in [4.78, 5) is 11.2. The minimum absolute atomic E-state index is 0.343. The predicted molar refractivity (Wildman–Crippen MR) is 64.1 cm³/mol. The molecule has 2 aromatic rings. The van der Waals surface area contributed by atoms with Crippen molar-refractivity contribution in [1.29, 1.82) is 0 Å². The van der Waals surface area contributed by atoms with Gasteiger partial charge >= 0.3 is 0 Å². The molecule has 0 saturated heterocycles. The van der Waals surface area contributed by atoms with E-state index >= 15 is 0 Å². The lowest BCUT2D eigenvalue weighted by atomic mass is 10.1. The van der Waals surface area contributed by atoms with E-state index < -0.39 is 0 Å². The third-order valence-electron chi connectivity index (χ3n) is 2.83. The Morgan fingerprint density at radius 3 is 2.88 bits per heavy atom. The highest BCUT2D eigenvalue weighted by Crippen LogP contribution is 2.36. The number of rotatable bonds is 3. The van der Waals surface area contributed by atoms with E-state index in [0.717, 1.165) is 24.7 Å². The number of hydrogen-bond donors (Lipinski definition) is 0. The number of carbonyl (C=O) groups excluding carboxylic acids is 1. The average Bonchev–Trinajstić information content (AvgIpc) is 3.08. The number of hydrogen-bond acceptors (Lipinski definition) is 3. The second-order valence-corrected chi connectivity index (χ2v) is 4.56. The van der Waals surface area contributed by atoms with Crippen LogP contribution in [0, 0.1) is 0 Å². The van der Waals surface area contributed by atoms with E-state index in [1.165, 1.54) is 0 Å². The molecule has 0 unspecified atom stereocenters. The summed E-state index contributed by atoms with van der Waals surface area (Å²) in [6.45, 7) is 0. The summed E-state index contributed by atoms with van der Waals surface area (Å²) < 4.78 is 1.71. The standard InChI is InChI=1S/C12H10ClN3O/c13-9-3-1-2-8(6-9)12-11(7-17)16(15-14-12)10-4-5-10/h1-3,6-7,10H,4-5H2. The van der Waals surface area contributed by atoms with Crippen LogP contribution >= 0.6 is 11.6 Å². The summed E-state index contributed by atoms with van der Waals surface area (Å²) in [5.74, 6) is 0. The second kappa shape index (κ2) is 3.96. The second-order valence-electron chi connectivity index (χ2n) is 4.13. The maximum absolute atomic E-state index is 11.2. The average molecular weight is 248 g/mol. The van der Waals surface area contributed by atoms with Crippen LogP contribution in [0.3, 0.4) is 0 Å². The van der Waals surface area contributed by atoms with Crippen LogP contribution in [0.5, 0.6) is 0 Å². The van der Waals surface area contributed by atoms with Crippen LogP contribution in [0.25, 0.3) is 11.3 Å². The molecule has 1 heterocycles. The molecule has 86 valence electrons. The zero-order chi connectivity index (χ0) is 11.8. The Bertz CT molecular complexity index is 575. The quantitative estimate of drug-likeness (QED) is 0.784. The molecular weight excluding hydrogens is 238 g/mol. The summed E-state index contributed by atoms with van der Waals surface area (Å²) in [6.07, 6.45) is 2.95. The van der Waals surface area contributed by atoms with Crippen LogP contribution < -0.4 is 0 Å². The number of carbonyl (C=O) groups is 1. The summed E-state index contributed by atoms with van der Waals surface area (Å²) >= 11 is 5.93. The molecule has 0 aliphatic heterocycles. The lowest BCUT2D eigenvalue weighted by Gasteiger charge is -2.00. The van der Waals surface area contributed by atoms with Gasteiger partial charge in [0.1, 0.15) is 11.4 Å². The van der Waals surface area contributed by atoms with Crippen molar-refractivity contribution in [3.63, 3.8) is 0 Å². The molecule has 1 aromatic carbocycles. The van der Waals surface area contributed by atoms with Gasteiger partial charge in [0.15, 0.2) is 6.29 Å². The first kappa shape index (κ1) is 10.5. The molecule has 17 heavy (non-hydrogen) atoms. The molecule has 5 heteroatoms. The van der Waals surface area contributed by atoms with E-state index in [4.69, 9.17) is 11.6 Å². The van der Waals surface area contributed by atoms with Crippen molar-refractivity contribution < 1.29 is 4.79 Å². The van der Waals surface area contributed by atoms with Crippen LogP contribution in [-0.2, 0) is 0 Å². The Kier molecular flexibility index (Phi) is 2.44. The maximum atomic E-state index is 11.2. The molecule has 0 bridgehead atoms. The van der Waals surface area contributed by atoms with E-state index in [2.05, 4.69) is 10.3 Å². The van der Waals surface area contributed by atoms with Gasteiger partial charge in [0.2, 0.25) is 0 Å². The van der Waals surface area contributed by atoms with Gasteiger partial charge in [-0.2, -0.15) is 0 Å². The summed E-state index contributed by atoms with van der Waals surface area (Å²) in [5.41, 5.74) is 1.97. The molecule has 1 aliphatic carbocycles. The first-order valence-electron chi connectivity index (χ1n) is 5.46. The van der Waals surface area contributed by atoms with E-state index in [1.807, 2.05) is 12.1 Å². The van der Waals surface area contributed by atoms with Gasteiger partial charge in [0.05, 0.1) is 6.04 Å². The smallest absolute Gasteiger partial charge is 0.170 e. The minimum Gasteiger partial charge on any atom is -0.296 e. The van der Waals surface area contributed by atoms with E-state index in [0.29, 0.717) is 22.5 Å². The first-order chi connectivity index (χ1) is 8.29. The van der Waals surface area contributed by atoms with Gasteiger partial charge in [-0.3, -0.25) is 4.79 Å². The Morgan fingerprint density at radius 2 is 2.24 bits per heavy atom. The van der Waals surface area contributed by atoms with Crippen LogP contribution in [0.2, 0.25) is 5.02 Å². The van der Waals surface area contributed by atoms with Gasteiger partial charge in [-0.25, -0.2) is 4.68 Å². The number of nitrogens with zero attached hydrogens (tertiary/aromatic N) is 3. The van der Waals surface area contributed by atoms with E-state index in [9.17, 15) is 4.79 Å². The Hall–Kier alpha value is -1.68. The molecule has 0 spiro atoms. The molecule has 1 saturated carbocycles. The van der Waals surface area contributed by atoms with Crippen molar-refractivity contribution in [3.05, 3.63) is 35.0 Å². The number of benzene rings is 1. The van der Waals surface area contributed by atoms with Gasteiger partial charge in [-0.05, 0) is 25.0 Å². The monoisotopic (exact) mass is 247 g/mol. The fourth-order valence-corrected chi connectivity index (χ4v) is 2.03.